The van der Waals surface area contributed by atoms with E-state index >= 15 is 0 Å². The van der Waals surface area contributed by atoms with Crippen LogP contribution in [-0.4, -0.2) is 63.7 Å². The highest BCUT2D eigenvalue weighted by molar-refractivity contribution is 7.92. The normalized spacial score (nSPS) is 12.4. The summed E-state index contributed by atoms with van der Waals surface area (Å²) in [6.07, 6.45) is 1.02. The van der Waals surface area contributed by atoms with Gasteiger partial charge < -0.3 is 19.7 Å². The summed E-state index contributed by atoms with van der Waals surface area (Å²) in [5, 5.41) is 2.89. The van der Waals surface area contributed by atoms with E-state index in [1.165, 1.54) is 31.3 Å². The van der Waals surface area contributed by atoms with Gasteiger partial charge in [0.2, 0.25) is 21.8 Å². The SMILES string of the molecule is COc1ccc(N(CC(=O)N(Cc2ccccc2)[C@@H](C)C(=O)NC(C)(C)C)S(C)(=O)=O)cc1OC. The topological polar surface area (TPSA) is 105 Å². The van der Waals surface area contributed by atoms with Gasteiger partial charge in [-0.3, -0.25) is 13.9 Å². The van der Waals surface area contributed by atoms with Crippen LogP contribution in [0, 0.1) is 0 Å². The first-order valence-electron chi connectivity index (χ1n) is 11.1. The van der Waals surface area contributed by atoms with E-state index in [1.54, 1.807) is 13.0 Å². The number of sulfonamides is 1. The number of anilines is 1. The van der Waals surface area contributed by atoms with Gasteiger partial charge in [-0.15, -0.1) is 0 Å². The lowest BCUT2D eigenvalue weighted by atomic mass is 10.1. The highest BCUT2D eigenvalue weighted by atomic mass is 32.2. The molecule has 2 aromatic rings. The van der Waals surface area contributed by atoms with Crippen molar-refractivity contribution in [2.24, 2.45) is 0 Å². The first-order chi connectivity index (χ1) is 16.3. The number of nitrogens with zero attached hydrogens (tertiary/aromatic N) is 2. The Balaban J connectivity index is 2.43. The molecule has 2 rings (SSSR count). The zero-order valence-corrected chi connectivity index (χ0v) is 22.2. The van der Waals surface area contributed by atoms with Crippen LogP contribution in [0.2, 0.25) is 0 Å². The minimum absolute atomic E-state index is 0.141. The molecule has 2 amide bonds. The Morgan fingerprint density at radius 2 is 1.60 bits per heavy atom. The standard InChI is InChI=1S/C25H35N3O6S/c1-18(24(30)26-25(2,3)4)27(16-19-11-9-8-10-12-19)23(29)17-28(35(7,31)32)20-13-14-21(33-5)22(15-20)34-6/h8-15,18H,16-17H2,1-7H3,(H,26,30)/t18-/m0/s1. The molecule has 10 heteroatoms. The molecule has 1 N–H and O–H groups in total. The molecule has 1 atom stereocenters. The van der Waals surface area contributed by atoms with Crippen molar-refractivity contribution in [3.05, 3.63) is 54.1 Å². The van der Waals surface area contributed by atoms with Crippen LogP contribution < -0.4 is 19.1 Å². The van der Waals surface area contributed by atoms with Crippen molar-refractivity contribution >= 4 is 27.5 Å². The van der Waals surface area contributed by atoms with E-state index in [-0.39, 0.29) is 18.1 Å². The molecule has 0 radical (unpaired) electrons. The van der Waals surface area contributed by atoms with E-state index < -0.39 is 34.1 Å². The smallest absolute Gasteiger partial charge is 0.244 e. The molecular formula is C25H35N3O6S. The third kappa shape index (κ3) is 7.88. The lowest BCUT2D eigenvalue weighted by molar-refractivity contribution is -0.140. The lowest BCUT2D eigenvalue weighted by Crippen LogP contribution is -2.54. The molecule has 0 aliphatic rings. The third-order valence-electron chi connectivity index (χ3n) is 5.20. The van der Waals surface area contributed by atoms with Gasteiger partial charge in [0.15, 0.2) is 11.5 Å². The van der Waals surface area contributed by atoms with Crippen molar-refractivity contribution in [2.75, 3.05) is 31.3 Å². The highest BCUT2D eigenvalue weighted by Crippen LogP contribution is 2.32. The average molecular weight is 506 g/mol. The van der Waals surface area contributed by atoms with Crippen molar-refractivity contribution in [1.82, 2.24) is 10.2 Å². The van der Waals surface area contributed by atoms with Crippen LogP contribution >= 0.6 is 0 Å². The Morgan fingerprint density at radius 3 is 2.11 bits per heavy atom. The number of carbonyl (C=O) groups excluding carboxylic acids is 2. The maximum Gasteiger partial charge on any atom is 0.244 e. The van der Waals surface area contributed by atoms with Crippen LogP contribution in [0.4, 0.5) is 5.69 Å². The maximum atomic E-state index is 13.6. The number of methoxy groups -OCH3 is 2. The first-order valence-corrected chi connectivity index (χ1v) is 13.0. The molecule has 0 bridgehead atoms. The molecule has 9 nitrogen and oxygen atoms in total. The Hall–Kier alpha value is -3.27. The zero-order valence-electron chi connectivity index (χ0n) is 21.4. The summed E-state index contributed by atoms with van der Waals surface area (Å²) in [5.74, 6) is -0.108. The van der Waals surface area contributed by atoms with E-state index in [2.05, 4.69) is 5.32 Å². The molecule has 0 saturated carbocycles. The van der Waals surface area contributed by atoms with Crippen molar-refractivity contribution in [3.63, 3.8) is 0 Å². The van der Waals surface area contributed by atoms with Gasteiger partial charge in [0, 0.05) is 18.2 Å². The fourth-order valence-electron chi connectivity index (χ4n) is 3.43. The van der Waals surface area contributed by atoms with E-state index in [0.717, 1.165) is 16.1 Å². The minimum atomic E-state index is -3.85. The van der Waals surface area contributed by atoms with E-state index in [4.69, 9.17) is 9.47 Å². The van der Waals surface area contributed by atoms with Gasteiger partial charge in [0.25, 0.3) is 0 Å². The number of benzene rings is 2. The summed E-state index contributed by atoms with van der Waals surface area (Å²) >= 11 is 0. The van der Waals surface area contributed by atoms with Crippen molar-refractivity contribution in [1.29, 1.82) is 0 Å². The number of carbonyl (C=O) groups is 2. The Kier molecular flexibility index (Phi) is 9.14. The fraction of sp³-hybridized carbons (Fsp3) is 0.440. The van der Waals surface area contributed by atoms with E-state index in [1.807, 2.05) is 51.1 Å². The van der Waals surface area contributed by atoms with Gasteiger partial charge in [-0.05, 0) is 45.4 Å². The number of ether oxygens (including phenoxy) is 2. The summed E-state index contributed by atoms with van der Waals surface area (Å²) in [7, 11) is -0.938. The van der Waals surface area contributed by atoms with Gasteiger partial charge in [-0.2, -0.15) is 0 Å². The largest absolute Gasteiger partial charge is 0.493 e. The summed E-state index contributed by atoms with van der Waals surface area (Å²) in [4.78, 5) is 27.9. The predicted molar refractivity (Wildman–Crippen MR) is 136 cm³/mol. The van der Waals surface area contributed by atoms with Crippen LogP contribution in [0.1, 0.15) is 33.3 Å². The number of hydrogen-bond acceptors (Lipinski definition) is 6. The number of hydrogen-bond donors (Lipinski definition) is 1. The maximum absolute atomic E-state index is 13.6. The predicted octanol–water partition coefficient (Wildman–Crippen LogP) is 2.80. The average Bonchev–Trinajstić information content (AvgIpc) is 2.78. The van der Waals surface area contributed by atoms with Crippen molar-refractivity contribution in [3.8, 4) is 11.5 Å². The molecule has 0 heterocycles. The van der Waals surface area contributed by atoms with Crippen LogP contribution in [0.5, 0.6) is 11.5 Å². The molecule has 35 heavy (non-hydrogen) atoms. The Labute approximate surface area is 208 Å². The molecule has 0 unspecified atom stereocenters. The van der Waals surface area contributed by atoms with Gasteiger partial charge in [0.1, 0.15) is 12.6 Å². The van der Waals surface area contributed by atoms with Crippen molar-refractivity contribution in [2.45, 2.75) is 45.8 Å². The number of amides is 2. The molecular weight excluding hydrogens is 470 g/mol. The molecule has 0 spiro atoms. The first kappa shape index (κ1) is 28.0. The van der Waals surface area contributed by atoms with E-state index in [0.29, 0.717) is 11.5 Å². The molecule has 0 saturated heterocycles. The number of nitrogens with one attached hydrogen (secondary N) is 1. The molecule has 0 aliphatic carbocycles. The second kappa shape index (κ2) is 11.4. The van der Waals surface area contributed by atoms with Gasteiger partial charge in [-0.1, -0.05) is 30.3 Å². The Bertz CT molecular complexity index is 1130. The van der Waals surface area contributed by atoms with Crippen LogP contribution in [0.3, 0.4) is 0 Å². The van der Waals surface area contributed by atoms with Crippen LogP contribution in [0.25, 0.3) is 0 Å². The van der Waals surface area contributed by atoms with Crippen molar-refractivity contribution < 1.29 is 27.5 Å². The summed E-state index contributed by atoms with van der Waals surface area (Å²) in [6.45, 7) is 6.83. The molecule has 0 aliphatic heterocycles. The molecule has 192 valence electrons. The number of rotatable bonds is 10. The summed E-state index contributed by atoms with van der Waals surface area (Å²) in [5.41, 5.74) is 0.559. The van der Waals surface area contributed by atoms with Gasteiger partial charge in [0.05, 0.1) is 26.2 Å². The van der Waals surface area contributed by atoms with Gasteiger partial charge in [-0.25, -0.2) is 8.42 Å². The van der Waals surface area contributed by atoms with Gasteiger partial charge >= 0.3 is 0 Å². The molecule has 2 aromatic carbocycles. The van der Waals surface area contributed by atoms with Crippen LogP contribution in [-0.2, 0) is 26.2 Å². The Morgan fingerprint density at radius 1 is 1.00 bits per heavy atom. The fourth-order valence-corrected chi connectivity index (χ4v) is 4.27. The van der Waals surface area contributed by atoms with E-state index in [9.17, 15) is 18.0 Å². The second-order valence-corrected chi connectivity index (χ2v) is 11.1. The lowest BCUT2D eigenvalue weighted by Gasteiger charge is -2.33. The third-order valence-corrected chi connectivity index (χ3v) is 6.34. The highest BCUT2D eigenvalue weighted by Gasteiger charge is 2.31. The summed E-state index contributed by atoms with van der Waals surface area (Å²) in [6, 6.07) is 13.0. The van der Waals surface area contributed by atoms with Crippen LogP contribution in [0.15, 0.2) is 48.5 Å². The molecule has 0 aromatic heterocycles. The summed E-state index contributed by atoms with van der Waals surface area (Å²) < 4.78 is 36.9. The molecule has 0 fully saturated rings. The minimum Gasteiger partial charge on any atom is -0.493 e. The second-order valence-electron chi connectivity index (χ2n) is 9.23. The quantitative estimate of drug-likeness (QED) is 0.532. The zero-order chi connectivity index (χ0) is 26.4. The monoisotopic (exact) mass is 505 g/mol.